The zero-order chi connectivity index (χ0) is 17.0. The number of hydrogen-bond acceptors (Lipinski definition) is 2. The molecule has 1 unspecified atom stereocenters. The molecule has 1 saturated carbocycles. The van der Waals surface area contributed by atoms with Gasteiger partial charge in [0, 0.05) is 6.54 Å². The van der Waals surface area contributed by atoms with Gasteiger partial charge in [-0.2, -0.15) is 0 Å². The normalized spacial score (nSPS) is 16.8. The molecule has 2 aromatic carbocycles. The summed E-state index contributed by atoms with van der Waals surface area (Å²) in [6.07, 6.45) is 2.54. The minimum absolute atomic E-state index is 0.220. The fourth-order valence-corrected chi connectivity index (χ4v) is 2.95. The average Bonchev–Trinajstić information content (AvgIpc) is 2.58. The standard InChI is InChI=1S/C20H24N2O2/c1-15-8-10-17(11-9-15)18(16-6-3-2-4-7-16)22-19(23)21-14-20(24)12-5-13-20/h2-4,6-11,18,24H,5,12-14H2,1H3,(H2,21,22,23). The molecule has 2 aromatic rings. The third-order valence-corrected chi connectivity index (χ3v) is 4.68. The molecule has 3 N–H and O–H groups in total. The number of urea groups is 1. The number of hydrogen-bond donors (Lipinski definition) is 3. The van der Waals surface area contributed by atoms with E-state index in [0.29, 0.717) is 6.54 Å². The first kappa shape index (κ1) is 16.5. The van der Waals surface area contributed by atoms with Gasteiger partial charge in [-0.05, 0) is 37.3 Å². The molecule has 0 aromatic heterocycles. The molecule has 4 nitrogen and oxygen atoms in total. The van der Waals surface area contributed by atoms with Crippen LogP contribution in [0, 0.1) is 6.92 Å². The Kier molecular flexibility index (Phi) is 4.86. The Bertz CT molecular complexity index is 679. The molecule has 2 amide bonds. The number of carbonyl (C=O) groups excluding carboxylic acids is 1. The van der Waals surface area contributed by atoms with Gasteiger partial charge in [0.15, 0.2) is 0 Å². The van der Waals surface area contributed by atoms with E-state index in [-0.39, 0.29) is 12.1 Å². The first-order valence-corrected chi connectivity index (χ1v) is 8.44. The molecule has 0 radical (unpaired) electrons. The van der Waals surface area contributed by atoms with Crippen LogP contribution in [0.15, 0.2) is 54.6 Å². The fourth-order valence-electron chi connectivity index (χ4n) is 2.95. The molecule has 0 saturated heterocycles. The summed E-state index contributed by atoms with van der Waals surface area (Å²) >= 11 is 0. The van der Waals surface area contributed by atoms with Crippen molar-refractivity contribution in [1.29, 1.82) is 0 Å². The highest BCUT2D eigenvalue weighted by Crippen LogP contribution is 2.30. The molecular formula is C20H24N2O2. The first-order chi connectivity index (χ1) is 11.6. The molecule has 0 aliphatic heterocycles. The van der Waals surface area contributed by atoms with Crippen LogP contribution >= 0.6 is 0 Å². The predicted molar refractivity (Wildman–Crippen MR) is 94.8 cm³/mol. The number of benzene rings is 2. The Balaban J connectivity index is 1.72. The molecule has 1 aliphatic rings. The summed E-state index contributed by atoms with van der Waals surface area (Å²) in [6.45, 7) is 2.34. The van der Waals surface area contributed by atoms with E-state index in [1.54, 1.807) is 0 Å². The van der Waals surface area contributed by atoms with Crippen molar-refractivity contribution in [2.24, 2.45) is 0 Å². The molecule has 0 bridgehead atoms. The van der Waals surface area contributed by atoms with Crippen LogP contribution in [0.5, 0.6) is 0 Å². The Labute approximate surface area is 142 Å². The van der Waals surface area contributed by atoms with Gasteiger partial charge in [-0.1, -0.05) is 60.2 Å². The molecule has 1 fully saturated rings. The van der Waals surface area contributed by atoms with Gasteiger partial charge in [0.05, 0.1) is 11.6 Å². The van der Waals surface area contributed by atoms with Crippen LogP contribution in [0.25, 0.3) is 0 Å². The summed E-state index contributed by atoms with van der Waals surface area (Å²) in [4.78, 5) is 12.3. The smallest absolute Gasteiger partial charge is 0.315 e. The SMILES string of the molecule is Cc1ccc(C(NC(=O)NCC2(O)CCC2)c2ccccc2)cc1. The third kappa shape index (κ3) is 3.95. The van der Waals surface area contributed by atoms with E-state index in [9.17, 15) is 9.90 Å². The van der Waals surface area contributed by atoms with Gasteiger partial charge in [0.2, 0.25) is 0 Å². The number of rotatable bonds is 5. The van der Waals surface area contributed by atoms with E-state index in [4.69, 9.17) is 0 Å². The number of carbonyl (C=O) groups is 1. The lowest BCUT2D eigenvalue weighted by atomic mass is 9.80. The van der Waals surface area contributed by atoms with Crippen molar-refractivity contribution in [3.63, 3.8) is 0 Å². The van der Waals surface area contributed by atoms with Gasteiger partial charge in [0.1, 0.15) is 0 Å². The highest BCUT2D eigenvalue weighted by Gasteiger charge is 2.34. The third-order valence-electron chi connectivity index (χ3n) is 4.68. The average molecular weight is 324 g/mol. The molecule has 3 rings (SSSR count). The van der Waals surface area contributed by atoms with Crippen molar-refractivity contribution < 1.29 is 9.90 Å². The Morgan fingerprint density at radius 3 is 2.29 bits per heavy atom. The van der Waals surface area contributed by atoms with Crippen molar-refractivity contribution in [2.75, 3.05) is 6.54 Å². The molecule has 0 heterocycles. The number of nitrogens with one attached hydrogen (secondary N) is 2. The van der Waals surface area contributed by atoms with Crippen LogP contribution in [0.1, 0.15) is 42.0 Å². The van der Waals surface area contributed by atoms with Crippen LogP contribution in [0.2, 0.25) is 0 Å². The van der Waals surface area contributed by atoms with E-state index >= 15 is 0 Å². The van der Waals surface area contributed by atoms with Gasteiger partial charge in [0.25, 0.3) is 0 Å². The molecule has 24 heavy (non-hydrogen) atoms. The fraction of sp³-hybridized carbons (Fsp3) is 0.350. The van der Waals surface area contributed by atoms with Gasteiger partial charge in [-0.15, -0.1) is 0 Å². The van der Waals surface area contributed by atoms with Crippen molar-refractivity contribution in [3.05, 3.63) is 71.3 Å². The molecular weight excluding hydrogens is 300 g/mol. The van der Waals surface area contributed by atoms with Gasteiger partial charge in [-0.3, -0.25) is 0 Å². The summed E-state index contributed by atoms with van der Waals surface area (Å²) in [7, 11) is 0. The molecule has 126 valence electrons. The van der Waals surface area contributed by atoms with E-state index in [1.165, 1.54) is 5.56 Å². The molecule has 1 atom stereocenters. The summed E-state index contributed by atoms with van der Waals surface area (Å²) in [6, 6.07) is 17.6. The van der Waals surface area contributed by atoms with Gasteiger partial charge in [-0.25, -0.2) is 4.79 Å². The zero-order valence-electron chi connectivity index (χ0n) is 14.0. The van der Waals surface area contributed by atoms with Crippen LogP contribution in [-0.4, -0.2) is 23.3 Å². The lowest BCUT2D eigenvalue weighted by Crippen LogP contribution is -2.50. The zero-order valence-corrected chi connectivity index (χ0v) is 14.0. The summed E-state index contributed by atoms with van der Waals surface area (Å²) in [5.41, 5.74) is 2.52. The first-order valence-electron chi connectivity index (χ1n) is 8.44. The summed E-state index contributed by atoms with van der Waals surface area (Å²) in [5.74, 6) is 0. The van der Waals surface area contributed by atoms with Crippen molar-refractivity contribution in [3.8, 4) is 0 Å². The van der Waals surface area contributed by atoms with E-state index in [2.05, 4.69) is 10.6 Å². The highest BCUT2D eigenvalue weighted by molar-refractivity contribution is 5.75. The van der Waals surface area contributed by atoms with Gasteiger partial charge < -0.3 is 15.7 Å². The number of amides is 2. The highest BCUT2D eigenvalue weighted by atomic mass is 16.3. The minimum Gasteiger partial charge on any atom is -0.388 e. The monoisotopic (exact) mass is 324 g/mol. The Morgan fingerprint density at radius 1 is 1.08 bits per heavy atom. The lowest BCUT2D eigenvalue weighted by Gasteiger charge is -2.36. The lowest BCUT2D eigenvalue weighted by molar-refractivity contribution is -0.0290. The maximum Gasteiger partial charge on any atom is 0.315 e. The summed E-state index contributed by atoms with van der Waals surface area (Å²) < 4.78 is 0. The predicted octanol–water partition coefficient (Wildman–Crippen LogP) is 3.30. The van der Waals surface area contributed by atoms with Crippen molar-refractivity contribution in [1.82, 2.24) is 10.6 Å². The van der Waals surface area contributed by atoms with Gasteiger partial charge >= 0.3 is 6.03 Å². The van der Waals surface area contributed by atoms with E-state index < -0.39 is 5.60 Å². The van der Waals surface area contributed by atoms with Crippen LogP contribution in [-0.2, 0) is 0 Å². The maximum atomic E-state index is 12.3. The van der Waals surface area contributed by atoms with E-state index in [0.717, 1.165) is 30.4 Å². The maximum absolute atomic E-state index is 12.3. The Hall–Kier alpha value is -2.33. The van der Waals surface area contributed by atoms with Crippen LogP contribution in [0.3, 0.4) is 0 Å². The topological polar surface area (TPSA) is 61.4 Å². The largest absolute Gasteiger partial charge is 0.388 e. The second-order valence-electron chi connectivity index (χ2n) is 6.66. The van der Waals surface area contributed by atoms with Crippen molar-refractivity contribution in [2.45, 2.75) is 37.8 Å². The number of aliphatic hydroxyl groups is 1. The quantitative estimate of drug-likeness (QED) is 0.790. The molecule has 0 spiro atoms. The Morgan fingerprint density at radius 2 is 1.71 bits per heavy atom. The minimum atomic E-state index is -0.719. The van der Waals surface area contributed by atoms with Crippen LogP contribution < -0.4 is 10.6 Å². The van der Waals surface area contributed by atoms with Crippen LogP contribution in [0.4, 0.5) is 4.79 Å². The molecule has 1 aliphatic carbocycles. The second kappa shape index (κ2) is 7.05. The van der Waals surface area contributed by atoms with E-state index in [1.807, 2.05) is 61.5 Å². The molecule has 4 heteroatoms. The second-order valence-corrected chi connectivity index (χ2v) is 6.66. The number of aryl methyl sites for hydroxylation is 1. The summed E-state index contributed by atoms with van der Waals surface area (Å²) in [5, 5.41) is 16.0. The van der Waals surface area contributed by atoms with Crippen molar-refractivity contribution >= 4 is 6.03 Å².